The fourth-order valence-corrected chi connectivity index (χ4v) is 5.36. The second-order valence-corrected chi connectivity index (χ2v) is 9.43. The molecule has 1 amide bonds. The number of likely N-dealkylation sites (tertiary alicyclic amines) is 1. The highest BCUT2D eigenvalue weighted by atomic mass is 19.4. The first-order valence-corrected chi connectivity index (χ1v) is 11.6. The third kappa shape index (κ3) is 4.74. The SMILES string of the molecule is C=C(C)OCCc1cnc2nc(C(=O)N3C[C@H]4CC(c5ccccc5C(F)(F)F)C[C@H]4C3)nn2c1. The summed E-state index contributed by atoms with van der Waals surface area (Å²) in [5.74, 6) is 0.960. The van der Waals surface area contributed by atoms with Crippen LogP contribution >= 0.6 is 0 Å². The van der Waals surface area contributed by atoms with Gasteiger partial charge in [-0.1, -0.05) is 24.8 Å². The number of hydrogen-bond acceptors (Lipinski definition) is 5. The minimum absolute atomic E-state index is 0.0757. The molecule has 1 saturated heterocycles. The largest absolute Gasteiger partial charge is 0.499 e. The van der Waals surface area contributed by atoms with Crippen LogP contribution < -0.4 is 0 Å². The second-order valence-electron chi connectivity index (χ2n) is 9.43. The van der Waals surface area contributed by atoms with Crippen molar-refractivity contribution in [3.8, 4) is 0 Å². The maximum atomic E-state index is 13.5. The van der Waals surface area contributed by atoms with E-state index in [2.05, 4.69) is 21.6 Å². The Labute approximate surface area is 200 Å². The highest BCUT2D eigenvalue weighted by Crippen LogP contribution is 2.48. The van der Waals surface area contributed by atoms with Gasteiger partial charge >= 0.3 is 6.18 Å². The van der Waals surface area contributed by atoms with Crippen LogP contribution in [0.3, 0.4) is 0 Å². The number of carbonyl (C=O) groups is 1. The lowest BCUT2D eigenvalue weighted by molar-refractivity contribution is -0.138. The summed E-state index contributed by atoms with van der Waals surface area (Å²) < 4.78 is 47.3. The molecule has 1 aliphatic heterocycles. The minimum atomic E-state index is -4.36. The third-order valence-electron chi connectivity index (χ3n) is 6.92. The topological polar surface area (TPSA) is 72.6 Å². The summed E-state index contributed by atoms with van der Waals surface area (Å²) in [6, 6.07) is 5.83. The number of alkyl halides is 3. The molecule has 1 unspecified atom stereocenters. The Hall–Kier alpha value is -3.43. The molecule has 0 bridgehead atoms. The van der Waals surface area contributed by atoms with Crippen LogP contribution in [0.4, 0.5) is 13.2 Å². The van der Waals surface area contributed by atoms with E-state index in [0.717, 1.165) is 11.6 Å². The van der Waals surface area contributed by atoms with Crippen molar-refractivity contribution in [3.05, 3.63) is 71.5 Å². The fraction of sp³-hybridized carbons (Fsp3) is 0.440. The van der Waals surface area contributed by atoms with Crippen molar-refractivity contribution in [2.45, 2.75) is 38.3 Å². The average Bonchev–Trinajstić information content (AvgIpc) is 3.50. The normalized spacial score (nSPS) is 21.9. The first-order valence-electron chi connectivity index (χ1n) is 11.6. The smallest absolute Gasteiger partial charge is 0.416 e. The predicted molar refractivity (Wildman–Crippen MR) is 122 cm³/mol. The lowest BCUT2D eigenvalue weighted by Crippen LogP contribution is -2.30. The van der Waals surface area contributed by atoms with E-state index in [0.29, 0.717) is 56.1 Å². The van der Waals surface area contributed by atoms with Crippen LogP contribution in [0, 0.1) is 11.8 Å². The van der Waals surface area contributed by atoms with Gasteiger partial charge in [-0.2, -0.15) is 18.2 Å². The van der Waals surface area contributed by atoms with Gasteiger partial charge in [0.25, 0.3) is 11.7 Å². The number of halogens is 3. The van der Waals surface area contributed by atoms with Crippen molar-refractivity contribution >= 4 is 11.7 Å². The molecule has 0 radical (unpaired) electrons. The number of carbonyl (C=O) groups excluding carboxylic acids is 1. The molecule has 0 spiro atoms. The number of allylic oxidation sites excluding steroid dienone is 1. The van der Waals surface area contributed by atoms with Crippen LogP contribution in [0.2, 0.25) is 0 Å². The molecule has 1 aliphatic carbocycles. The summed E-state index contributed by atoms with van der Waals surface area (Å²) in [5.41, 5.74) is 0.707. The van der Waals surface area contributed by atoms with Gasteiger partial charge in [-0.05, 0) is 54.7 Å². The van der Waals surface area contributed by atoms with Crippen LogP contribution in [0.5, 0.6) is 0 Å². The molecule has 3 aromatic rings. The summed E-state index contributed by atoms with van der Waals surface area (Å²) in [6.07, 6.45) is 0.979. The van der Waals surface area contributed by atoms with Crippen molar-refractivity contribution in [2.75, 3.05) is 19.7 Å². The van der Waals surface area contributed by atoms with Gasteiger partial charge in [-0.3, -0.25) is 4.79 Å². The van der Waals surface area contributed by atoms with Crippen molar-refractivity contribution in [1.82, 2.24) is 24.5 Å². The summed E-state index contributed by atoms with van der Waals surface area (Å²) >= 11 is 0. The summed E-state index contributed by atoms with van der Waals surface area (Å²) in [4.78, 5) is 23.4. The van der Waals surface area contributed by atoms with Crippen molar-refractivity contribution in [3.63, 3.8) is 0 Å². The van der Waals surface area contributed by atoms with Gasteiger partial charge in [-0.25, -0.2) is 9.50 Å². The molecule has 35 heavy (non-hydrogen) atoms. The Balaban J connectivity index is 1.24. The van der Waals surface area contributed by atoms with Crippen LogP contribution in [-0.4, -0.2) is 50.1 Å². The average molecular weight is 486 g/mol. The van der Waals surface area contributed by atoms with E-state index in [4.69, 9.17) is 4.74 Å². The molecular formula is C25H26F3N5O2. The Bertz CT molecular complexity index is 1260. The van der Waals surface area contributed by atoms with Gasteiger partial charge in [0.15, 0.2) is 0 Å². The van der Waals surface area contributed by atoms with E-state index in [1.54, 1.807) is 36.4 Å². The zero-order valence-electron chi connectivity index (χ0n) is 19.3. The van der Waals surface area contributed by atoms with E-state index >= 15 is 0 Å². The second kappa shape index (κ2) is 8.98. The number of aromatic nitrogens is 4. The van der Waals surface area contributed by atoms with Crippen molar-refractivity contribution in [2.24, 2.45) is 11.8 Å². The summed E-state index contributed by atoms with van der Waals surface area (Å²) in [7, 11) is 0. The number of nitrogens with zero attached hydrogens (tertiary/aromatic N) is 5. The molecule has 2 fully saturated rings. The molecule has 1 saturated carbocycles. The summed E-state index contributed by atoms with van der Waals surface area (Å²) in [5, 5.41) is 4.32. The predicted octanol–water partition coefficient (Wildman–Crippen LogP) is 4.50. The van der Waals surface area contributed by atoms with Crippen molar-refractivity contribution < 1.29 is 22.7 Å². The Kier molecular flexibility index (Phi) is 5.98. The molecule has 5 rings (SSSR count). The maximum Gasteiger partial charge on any atom is 0.416 e. The number of amides is 1. The van der Waals surface area contributed by atoms with E-state index in [1.165, 1.54) is 10.6 Å². The fourth-order valence-electron chi connectivity index (χ4n) is 5.36. The molecular weight excluding hydrogens is 459 g/mol. The molecule has 3 heterocycles. The lowest BCUT2D eigenvalue weighted by atomic mass is 9.91. The van der Waals surface area contributed by atoms with Crippen LogP contribution in [-0.2, 0) is 17.3 Å². The van der Waals surface area contributed by atoms with Crippen LogP contribution in [0.15, 0.2) is 49.0 Å². The van der Waals surface area contributed by atoms with Crippen LogP contribution in [0.1, 0.15) is 53.0 Å². The van der Waals surface area contributed by atoms with E-state index in [-0.39, 0.29) is 29.5 Å². The molecule has 3 atom stereocenters. The number of rotatable bonds is 6. The molecule has 2 aromatic heterocycles. The molecule has 0 N–H and O–H groups in total. The monoisotopic (exact) mass is 485 g/mol. The van der Waals surface area contributed by atoms with Gasteiger partial charge in [0.2, 0.25) is 5.82 Å². The quantitative estimate of drug-likeness (QED) is 0.481. The number of ether oxygens (including phenoxy) is 1. The Morgan fingerprint density at radius 2 is 1.91 bits per heavy atom. The van der Waals surface area contributed by atoms with Gasteiger partial charge in [0.1, 0.15) is 0 Å². The zero-order chi connectivity index (χ0) is 24.7. The lowest BCUT2D eigenvalue weighted by Gasteiger charge is -2.21. The van der Waals surface area contributed by atoms with E-state index in [9.17, 15) is 18.0 Å². The molecule has 7 nitrogen and oxygen atoms in total. The number of fused-ring (bicyclic) bond motifs is 2. The zero-order valence-corrected chi connectivity index (χ0v) is 19.3. The number of hydrogen-bond donors (Lipinski definition) is 0. The van der Waals surface area contributed by atoms with Gasteiger partial charge in [-0.15, -0.1) is 5.10 Å². The van der Waals surface area contributed by atoms with E-state index < -0.39 is 11.7 Å². The standard InChI is InChI=1S/C25H26F3N5O2/c1-15(2)35-8-7-16-11-29-24-30-22(31-33(24)12-16)23(34)32-13-18-9-17(10-19(18)14-32)20-5-3-4-6-21(20)25(26,27)28/h3-6,11-12,17-19H,1,7-10,13-14H2,2H3/t17?,18-,19+. The van der Waals surface area contributed by atoms with Gasteiger partial charge in [0, 0.05) is 31.9 Å². The van der Waals surface area contributed by atoms with Gasteiger partial charge in [0.05, 0.1) is 17.9 Å². The maximum absolute atomic E-state index is 13.5. The highest BCUT2D eigenvalue weighted by Gasteiger charge is 2.45. The first kappa shape index (κ1) is 23.3. The van der Waals surface area contributed by atoms with Crippen molar-refractivity contribution in [1.29, 1.82) is 0 Å². The number of benzene rings is 1. The Morgan fingerprint density at radius 1 is 1.20 bits per heavy atom. The van der Waals surface area contributed by atoms with Crippen LogP contribution in [0.25, 0.3) is 5.78 Å². The molecule has 10 heteroatoms. The van der Waals surface area contributed by atoms with E-state index in [1.807, 2.05) is 0 Å². The Morgan fingerprint density at radius 3 is 2.60 bits per heavy atom. The third-order valence-corrected chi connectivity index (χ3v) is 6.92. The van der Waals surface area contributed by atoms with Gasteiger partial charge < -0.3 is 9.64 Å². The molecule has 184 valence electrons. The minimum Gasteiger partial charge on any atom is -0.499 e. The molecule has 1 aromatic carbocycles. The summed E-state index contributed by atoms with van der Waals surface area (Å²) in [6.45, 7) is 6.95. The first-order chi connectivity index (χ1) is 16.7. The highest BCUT2D eigenvalue weighted by molar-refractivity contribution is 5.91. The molecule has 2 aliphatic rings.